The van der Waals surface area contributed by atoms with E-state index in [-0.39, 0.29) is 11.8 Å². The van der Waals surface area contributed by atoms with Gasteiger partial charge < -0.3 is 20.1 Å². The molecular weight excluding hydrogens is 542 g/mol. The Hall–Kier alpha value is -5.31. The van der Waals surface area contributed by atoms with Crippen LogP contribution in [0.2, 0.25) is 0 Å². The Morgan fingerprint density at radius 2 is 1.60 bits per heavy atom. The number of ether oxygens (including phenoxy) is 2. The monoisotopic (exact) mass is 575 g/mol. The van der Waals surface area contributed by atoms with E-state index in [4.69, 9.17) is 9.47 Å². The topological polar surface area (TPSA) is 115 Å². The average Bonchev–Trinajstić information content (AvgIpc) is 3.06. The normalized spacial score (nSPS) is 10.9. The second-order valence-electron chi connectivity index (χ2n) is 9.89. The number of rotatable bonds is 12. The maximum absolute atomic E-state index is 13.3. The van der Waals surface area contributed by atoms with Crippen molar-refractivity contribution in [2.45, 2.75) is 32.2 Å². The zero-order valence-electron chi connectivity index (χ0n) is 24.1. The number of pyridine rings is 3. The summed E-state index contributed by atoms with van der Waals surface area (Å²) in [5.74, 6) is 0.291. The van der Waals surface area contributed by atoms with Crippen molar-refractivity contribution in [3.05, 3.63) is 120 Å². The molecule has 0 saturated heterocycles. The van der Waals surface area contributed by atoms with Gasteiger partial charge in [0.1, 0.15) is 6.04 Å². The molecule has 9 nitrogen and oxygen atoms in total. The number of amides is 2. The molecule has 9 heteroatoms. The number of methoxy groups -OCH3 is 1. The largest absolute Gasteiger partial charge is 0.493 e. The predicted octanol–water partition coefficient (Wildman–Crippen LogP) is 6.37. The van der Waals surface area contributed by atoms with E-state index in [9.17, 15) is 9.59 Å². The lowest BCUT2D eigenvalue weighted by molar-refractivity contribution is 0.0940. The molecule has 43 heavy (non-hydrogen) atoms. The van der Waals surface area contributed by atoms with Gasteiger partial charge in [-0.3, -0.25) is 24.5 Å². The lowest BCUT2D eigenvalue weighted by Gasteiger charge is -2.18. The van der Waals surface area contributed by atoms with Gasteiger partial charge in [0, 0.05) is 29.7 Å². The molecule has 0 fully saturated rings. The third-order valence-electron chi connectivity index (χ3n) is 6.88. The van der Waals surface area contributed by atoms with Crippen LogP contribution in [0.1, 0.15) is 64.3 Å². The summed E-state index contributed by atoms with van der Waals surface area (Å²) < 4.78 is 11.4. The average molecular weight is 576 g/mol. The van der Waals surface area contributed by atoms with Crippen molar-refractivity contribution in [3.8, 4) is 11.5 Å². The summed E-state index contributed by atoms with van der Waals surface area (Å²) in [5.41, 5.74) is 3.31. The zero-order chi connectivity index (χ0) is 30.0. The van der Waals surface area contributed by atoms with Crippen LogP contribution >= 0.6 is 0 Å². The molecule has 0 spiro atoms. The molecule has 5 aromatic rings. The molecule has 2 N–H and O–H groups in total. The number of carbonyl (C=O) groups excluding carboxylic acids is 2. The van der Waals surface area contributed by atoms with Gasteiger partial charge in [-0.05, 0) is 61.0 Å². The van der Waals surface area contributed by atoms with Crippen LogP contribution in [0.5, 0.6) is 11.5 Å². The smallest absolute Gasteiger partial charge is 0.259 e. The first-order valence-electron chi connectivity index (χ1n) is 14.2. The lowest BCUT2D eigenvalue weighted by Crippen LogP contribution is -2.30. The molecule has 0 saturated carbocycles. The Kier molecular flexibility index (Phi) is 9.53. The summed E-state index contributed by atoms with van der Waals surface area (Å²) in [5, 5.41) is 6.72. The quantitative estimate of drug-likeness (QED) is 0.166. The number of carbonyl (C=O) groups is 2. The number of nitrogens with zero attached hydrogens (tertiary/aromatic N) is 3. The van der Waals surface area contributed by atoms with E-state index in [1.807, 2.05) is 42.5 Å². The highest BCUT2D eigenvalue weighted by Crippen LogP contribution is 2.32. The fraction of sp³-hybridized carbons (Fsp3) is 0.206. The highest BCUT2D eigenvalue weighted by atomic mass is 16.5. The van der Waals surface area contributed by atoms with Gasteiger partial charge in [-0.1, -0.05) is 44.0 Å². The Bertz CT molecular complexity index is 1660. The van der Waals surface area contributed by atoms with Gasteiger partial charge in [-0.15, -0.1) is 0 Å². The van der Waals surface area contributed by atoms with Crippen molar-refractivity contribution in [2.24, 2.45) is 0 Å². The number of anilines is 1. The van der Waals surface area contributed by atoms with Crippen LogP contribution in [0.15, 0.2) is 97.5 Å². The van der Waals surface area contributed by atoms with Gasteiger partial charge in [0.05, 0.1) is 41.7 Å². The molecule has 0 unspecified atom stereocenters. The summed E-state index contributed by atoms with van der Waals surface area (Å²) in [6.45, 7) is 2.62. The molecule has 0 aliphatic heterocycles. The zero-order valence-corrected chi connectivity index (χ0v) is 24.1. The highest BCUT2D eigenvalue weighted by Gasteiger charge is 2.21. The fourth-order valence-electron chi connectivity index (χ4n) is 4.66. The summed E-state index contributed by atoms with van der Waals surface area (Å²) in [6.07, 6.45) is 7.88. The molecule has 2 aromatic carbocycles. The summed E-state index contributed by atoms with van der Waals surface area (Å²) in [6, 6.07) is 22.9. The minimum Gasteiger partial charge on any atom is -0.493 e. The van der Waals surface area contributed by atoms with Crippen molar-refractivity contribution >= 4 is 28.4 Å². The third-order valence-corrected chi connectivity index (χ3v) is 6.88. The number of benzene rings is 2. The number of fused-ring (bicyclic) bond motifs is 1. The number of hydrogen-bond donors (Lipinski definition) is 2. The van der Waals surface area contributed by atoms with Crippen LogP contribution in [0.25, 0.3) is 10.9 Å². The molecule has 0 bridgehead atoms. The van der Waals surface area contributed by atoms with E-state index in [1.165, 1.54) is 6.20 Å². The number of nitrogens with one attached hydrogen (secondary N) is 2. The number of hydrogen-bond acceptors (Lipinski definition) is 7. The molecule has 0 atom stereocenters. The van der Waals surface area contributed by atoms with Crippen LogP contribution < -0.4 is 20.1 Å². The highest BCUT2D eigenvalue weighted by molar-refractivity contribution is 6.07. The molecule has 0 radical (unpaired) electrons. The van der Waals surface area contributed by atoms with Crippen LogP contribution in [0, 0.1) is 0 Å². The third kappa shape index (κ3) is 7.13. The van der Waals surface area contributed by atoms with Gasteiger partial charge in [-0.2, -0.15) is 0 Å². The maximum atomic E-state index is 13.3. The standard InChI is InChI=1S/C34H33N5O4/c1-3-4-9-19-43-32-26(11-10-14-30(32)42-2)34(41)38-25-16-15-23-20-24(22-37-29(23)21-25)33(40)39-31(27-12-5-7-17-35-27)28-13-6-8-18-36-28/h5-8,10-18,20-22,31H,3-4,9,19H2,1-2H3,(H,38,41)(H,39,40). The van der Waals surface area contributed by atoms with Crippen LogP contribution in [0.3, 0.4) is 0 Å². The van der Waals surface area contributed by atoms with Crippen LogP contribution in [-0.4, -0.2) is 40.5 Å². The molecule has 0 aliphatic carbocycles. The fourth-order valence-corrected chi connectivity index (χ4v) is 4.66. The molecule has 5 rings (SSSR count). The van der Waals surface area contributed by atoms with Gasteiger partial charge >= 0.3 is 0 Å². The molecule has 0 aliphatic rings. The Morgan fingerprint density at radius 3 is 2.28 bits per heavy atom. The summed E-state index contributed by atoms with van der Waals surface area (Å²) in [4.78, 5) is 40.0. The molecule has 3 aromatic heterocycles. The second-order valence-corrected chi connectivity index (χ2v) is 9.89. The molecular formula is C34H33N5O4. The van der Waals surface area contributed by atoms with E-state index < -0.39 is 6.04 Å². The van der Waals surface area contributed by atoms with Crippen LogP contribution in [-0.2, 0) is 0 Å². The van der Waals surface area contributed by atoms with Crippen LogP contribution in [0.4, 0.5) is 5.69 Å². The van der Waals surface area contributed by atoms with Gasteiger partial charge in [0.2, 0.25) is 0 Å². The molecule has 3 heterocycles. The predicted molar refractivity (Wildman–Crippen MR) is 165 cm³/mol. The summed E-state index contributed by atoms with van der Waals surface area (Å²) >= 11 is 0. The minimum absolute atomic E-state index is 0.308. The number of aromatic nitrogens is 3. The first-order chi connectivity index (χ1) is 21.1. The van der Waals surface area contributed by atoms with E-state index in [1.54, 1.807) is 55.9 Å². The van der Waals surface area contributed by atoms with E-state index >= 15 is 0 Å². The number of unbranched alkanes of at least 4 members (excludes halogenated alkanes) is 2. The van der Waals surface area contributed by atoms with Gasteiger partial charge in [0.25, 0.3) is 11.8 Å². The van der Waals surface area contributed by atoms with Gasteiger partial charge in [-0.25, -0.2) is 0 Å². The number of para-hydroxylation sites is 1. The Balaban J connectivity index is 1.33. The molecule has 218 valence electrons. The van der Waals surface area contributed by atoms with Crippen molar-refractivity contribution in [1.82, 2.24) is 20.3 Å². The maximum Gasteiger partial charge on any atom is 0.259 e. The summed E-state index contributed by atoms with van der Waals surface area (Å²) in [7, 11) is 1.55. The lowest BCUT2D eigenvalue weighted by atomic mass is 10.1. The molecule has 2 amide bonds. The van der Waals surface area contributed by atoms with Crippen molar-refractivity contribution < 1.29 is 19.1 Å². The van der Waals surface area contributed by atoms with Crippen molar-refractivity contribution in [2.75, 3.05) is 19.0 Å². The van der Waals surface area contributed by atoms with Gasteiger partial charge in [0.15, 0.2) is 11.5 Å². The first-order valence-corrected chi connectivity index (χ1v) is 14.2. The second kappa shape index (κ2) is 14.0. The SMILES string of the molecule is CCCCCOc1c(OC)cccc1C(=O)Nc1ccc2cc(C(=O)NC(c3ccccn3)c3ccccn3)cnc2c1. The van der Waals surface area contributed by atoms with E-state index in [0.717, 1.165) is 24.6 Å². The van der Waals surface area contributed by atoms with Crippen molar-refractivity contribution in [3.63, 3.8) is 0 Å². The minimum atomic E-state index is -0.527. The Morgan fingerprint density at radius 1 is 0.837 bits per heavy atom. The first kappa shape index (κ1) is 29.2. The Labute approximate surface area is 250 Å². The van der Waals surface area contributed by atoms with E-state index in [2.05, 4.69) is 32.5 Å². The van der Waals surface area contributed by atoms with E-state index in [0.29, 0.717) is 51.8 Å². The van der Waals surface area contributed by atoms with Crippen molar-refractivity contribution in [1.29, 1.82) is 0 Å².